The largest absolute Gasteiger partial charge is 0.451 e. The first-order valence-electron chi connectivity index (χ1n) is 7.15. The first kappa shape index (κ1) is 17.6. The Kier molecular flexibility index (Phi) is 4.68. The van der Waals surface area contributed by atoms with Gasteiger partial charge in [-0.25, -0.2) is 8.78 Å². The summed E-state index contributed by atoms with van der Waals surface area (Å²) >= 11 is 6.01. The molecule has 0 saturated heterocycles. The summed E-state index contributed by atoms with van der Waals surface area (Å²) in [6.45, 7) is 0. The number of nitrogens with one attached hydrogen (secondary N) is 1. The number of carbonyl (C=O) groups is 1. The lowest BCUT2D eigenvalue weighted by molar-refractivity contribution is -0.384. The Morgan fingerprint density at radius 2 is 1.88 bits per heavy atom. The van der Waals surface area contributed by atoms with E-state index in [0.717, 1.165) is 18.2 Å². The highest BCUT2D eigenvalue weighted by molar-refractivity contribution is 6.33. The Labute approximate surface area is 150 Å². The molecule has 0 fully saturated rings. The lowest BCUT2D eigenvalue weighted by Crippen LogP contribution is -2.12. The van der Waals surface area contributed by atoms with Gasteiger partial charge in [0, 0.05) is 23.8 Å². The van der Waals surface area contributed by atoms with Crippen LogP contribution in [-0.2, 0) is 0 Å². The maximum atomic E-state index is 13.6. The van der Waals surface area contributed by atoms with Crippen LogP contribution < -0.4 is 5.32 Å². The molecule has 1 heterocycles. The van der Waals surface area contributed by atoms with Crippen LogP contribution in [0.3, 0.4) is 0 Å². The number of non-ortho nitro benzene ring substituents is 1. The van der Waals surface area contributed by atoms with Crippen LogP contribution in [0.25, 0.3) is 11.3 Å². The van der Waals surface area contributed by atoms with Gasteiger partial charge in [-0.05, 0) is 30.3 Å². The maximum Gasteiger partial charge on any atom is 0.291 e. The summed E-state index contributed by atoms with van der Waals surface area (Å²) in [5.41, 5.74) is -0.0398. The SMILES string of the molecule is O=C(Nc1ccc(F)cc1F)c1ccc(-c2ccc([N+](=O)[O-])cc2Cl)o1. The number of nitro groups is 1. The molecule has 0 aliphatic rings. The third kappa shape index (κ3) is 3.55. The molecule has 3 rings (SSSR count). The van der Waals surface area contributed by atoms with Crippen molar-refractivity contribution in [3.63, 3.8) is 0 Å². The van der Waals surface area contributed by atoms with Gasteiger partial charge in [0.2, 0.25) is 0 Å². The number of benzene rings is 2. The lowest BCUT2D eigenvalue weighted by Gasteiger charge is -2.05. The van der Waals surface area contributed by atoms with Crippen LogP contribution in [0, 0.1) is 21.7 Å². The normalized spacial score (nSPS) is 10.6. The number of anilines is 1. The van der Waals surface area contributed by atoms with Crippen molar-refractivity contribution in [2.24, 2.45) is 0 Å². The first-order valence-corrected chi connectivity index (χ1v) is 7.53. The van der Waals surface area contributed by atoms with E-state index in [4.69, 9.17) is 16.0 Å². The number of halogens is 3. The number of nitrogens with zero attached hydrogens (tertiary/aromatic N) is 1. The van der Waals surface area contributed by atoms with Crippen LogP contribution in [0.15, 0.2) is 52.9 Å². The van der Waals surface area contributed by atoms with E-state index in [1.54, 1.807) is 0 Å². The zero-order valence-electron chi connectivity index (χ0n) is 12.8. The minimum Gasteiger partial charge on any atom is -0.451 e. The van der Waals surface area contributed by atoms with Gasteiger partial charge in [-0.3, -0.25) is 14.9 Å². The molecule has 6 nitrogen and oxygen atoms in total. The van der Waals surface area contributed by atoms with Crippen LogP contribution >= 0.6 is 11.6 Å². The molecule has 1 amide bonds. The Balaban J connectivity index is 1.83. The molecule has 1 N–H and O–H groups in total. The molecule has 1 aromatic heterocycles. The highest BCUT2D eigenvalue weighted by Gasteiger charge is 2.17. The summed E-state index contributed by atoms with van der Waals surface area (Å²) in [7, 11) is 0. The molecule has 0 spiro atoms. The van der Waals surface area contributed by atoms with Crippen LogP contribution in [-0.4, -0.2) is 10.8 Å². The fourth-order valence-electron chi connectivity index (χ4n) is 2.20. The van der Waals surface area contributed by atoms with Gasteiger partial charge >= 0.3 is 0 Å². The van der Waals surface area contributed by atoms with Crippen molar-refractivity contribution in [3.05, 3.63) is 81.1 Å². The second-order valence-electron chi connectivity index (χ2n) is 5.16. The van der Waals surface area contributed by atoms with Gasteiger partial charge in [-0.15, -0.1) is 0 Å². The molecule has 0 unspecified atom stereocenters. The number of nitro benzene ring substituents is 1. The molecule has 3 aromatic rings. The molecule has 0 bridgehead atoms. The second kappa shape index (κ2) is 6.93. The number of rotatable bonds is 4. The number of hydrogen-bond donors (Lipinski definition) is 1. The highest BCUT2D eigenvalue weighted by Crippen LogP contribution is 2.32. The predicted molar refractivity (Wildman–Crippen MR) is 90.1 cm³/mol. The molecule has 0 radical (unpaired) electrons. The quantitative estimate of drug-likeness (QED) is 0.509. The van der Waals surface area contributed by atoms with Gasteiger partial charge in [-0.2, -0.15) is 0 Å². The summed E-state index contributed by atoms with van der Waals surface area (Å²) in [6.07, 6.45) is 0. The van der Waals surface area contributed by atoms with E-state index in [0.29, 0.717) is 11.6 Å². The lowest BCUT2D eigenvalue weighted by atomic mass is 10.1. The molecule has 0 atom stereocenters. The molecule has 26 heavy (non-hydrogen) atoms. The Bertz CT molecular complexity index is 1020. The first-order chi connectivity index (χ1) is 12.3. The maximum absolute atomic E-state index is 13.6. The molecule has 132 valence electrons. The minimum absolute atomic E-state index is 0.0742. The van der Waals surface area contributed by atoms with E-state index in [9.17, 15) is 23.7 Å². The van der Waals surface area contributed by atoms with Crippen molar-refractivity contribution in [1.82, 2.24) is 0 Å². The van der Waals surface area contributed by atoms with Crippen molar-refractivity contribution in [2.75, 3.05) is 5.32 Å². The van der Waals surface area contributed by atoms with Crippen LogP contribution in [0.2, 0.25) is 5.02 Å². The minimum atomic E-state index is -0.927. The molecule has 2 aromatic carbocycles. The molecule has 0 aliphatic carbocycles. The third-order valence-electron chi connectivity index (χ3n) is 3.44. The molecule has 9 heteroatoms. The zero-order chi connectivity index (χ0) is 18.8. The fourth-order valence-corrected chi connectivity index (χ4v) is 2.46. The van der Waals surface area contributed by atoms with E-state index in [1.165, 1.54) is 24.3 Å². The number of hydrogen-bond acceptors (Lipinski definition) is 4. The fraction of sp³-hybridized carbons (Fsp3) is 0. The second-order valence-corrected chi connectivity index (χ2v) is 5.57. The van der Waals surface area contributed by atoms with E-state index in [2.05, 4.69) is 5.32 Å². The van der Waals surface area contributed by atoms with Gasteiger partial charge in [0.25, 0.3) is 11.6 Å². The van der Waals surface area contributed by atoms with Crippen LogP contribution in [0.5, 0.6) is 0 Å². The van der Waals surface area contributed by atoms with E-state index in [1.807, 2.05) is 0 Å². The Hall–Kier alpha value is -3.26. The van der Waals surface area contributed by atoms with Gasteiger partial charge < -0.3 is 9.73 Å². The van der Waals surface area contributed by atoms with E-state index < -0.39 is 22.5 Å². The van der Waals surface area contributed by atoms with Crippen molar-refractivity contribution < 1.29 is 22.9 Å². The average molecular weight is 379 g/mol. The summed E-state index contributed by atoms with van der Waals surface area (Å²) < 4.78 is 31.9. The smallest absolute Gasteiger partial charge is 0.291 e. The predicted octanol–water partition coefficient (Wildman–Crippen LogP) is 5.04. The van der Waals surface area contributed by atoms with Crippen molar-refractivity contribution in [3.8, 4) is 11.3 Å². The zero-order valence-corrected chi connectivity index (χ0v) is 13.6. The van der Waals surface area contributed by atoms with Crippen molar-refractivity contribution in [2.45, 2.75) is 0 Å². The standard InChI is InChI=1S/C17H9ClF2N2O4/c18-12-8-10(22(24)25)2-3-11(12)15-5-6-16(26-15)17(23)21-14-4-1-9(19)7-13(14)20/h1-8H,(H,21,23). The topological polar surface area (TPSA) is 85.4 Å². The number of furan rings is 1. The van der Waals surface area contributed by atoms with Gasteiger partial charge in [0.05, 0.1) is 15.6 Å². The number of amides is 1. The summed E-state index contributed by atoms with van der Waals surface area (Å²) in [5.74, 6) is -2.38. The van der Waals surface area contributed by atoms with Crippen LogP contribution in [0.4, 0.5) is 20.2 Å². The van der Waals surface area contributed by atoms with Crippen molar-refractivity contribution in [1.29, 1.82) is 0 Å². The summed E-state index contributed by atoms with van der Waals surface area (Å²) in [5, 5.41) is 13.1. The number of carbonyl (C=O) groups excluding carboxylic acids is 1. The molecule has 0 saturated carbocycles. The average Bonchev–Trinajstić information content (AvgIpc) is 3.07. The molecular weight excluding hydrogens is 370 g/mol. The Morgan fingerprint density at radius 1 is 1.12 bits per heavy atom. The highest BCUT2D eigenvalue weighted by atomic mass is 35.5. The Morgan fingerprint density at radius 3 is 2.54 bits per heavy atom. The van der Waals surface area contributed by atoms with Crippen LogP contribution in [0.1, 0.15) is 10.6 Å². The monoisotopic (exact) mass is 378 g/mol. The third-order valence-corrected chi connectivity index (χ3v) is 3.75. The molecular formula is C17H9ClF2N2O4. The summed E-state index contributed by atoms with van der Waals surface area (Å²) in [4.78, 5) is 22.3. The van der Waals surface area contributed by atoms with Gasteiger partial charge in [0.1, 0.15) is 17.4 Å². The molecule has 0 aliphatic heterocycles. The summed E-state index contributed by atoms with van der Waals surface area (Å²) in [6, 6.07) is 9.31. The van der Waals surface area contributed by atoms with E-state index >= 15 is 0 Å². The van der Waals surface area contributed by atoms with Gasteiger partial charge in [0.15, 0.2) is 5.76 Å². The van der Waals surface area contributed by atoms with Gasteiger partial charge in [-0.1, -0.05) is 11.6 Å². The van der Waals surface area contributed by atoms with E-state index in [-0.39, 0.29) is 27.9 Å². The van der Waals surface area contributed by atoms with Crippen molar-refractivity contribution >= 4 is 28.9 Å².